The monoisotopic (exact) mass is 382 g/mol. The molecule has 0 spiro atoms. The summed E-state index contributed by atoms with van der Waals surface area (Å²) in [5.41, 5.74) is 3.76. The van der Waals surface area contributed by atoms with E-state index in [1.807, 2.05) is 32.2 Å². The second kappa shape index (κ2) is 6.62. The Morgan fingerprint density at radius 3 is 2.48 bits per heavy atom. The highest BCUT2D eigenvalue weighted by Crippen LogP contribution is 2.32. The van der Waals surface area contributed by atoms with Gasteiger partial charge in [0, 0.05) is 41.7 Å². The van der Waals surface area contributed by atoms with Crippen molar-refractivity contribution in [3.8, 4) is 0 Å². The molecule has 0 atom stereocenters. The Labute approximate surface area is 159 Å². The first kappa shape index (κ1) is 17.9. The van der Waals surface area contributed by atoms with E-state index in [1.54, 1.807) is 12.1 Å². The van der Waals surface area contributed by atoms with E-state index in [1.165, 1.54) is 12.1 Å². The molecule has 1 aliphatic rings. The molecule has 140 valence electrons. The maximum atomic E-state index is 12.6. The van der Waals surface area contributed by atoms with Gasteiger partial charge in [0.15, 0.2) is 5.78 Å². The number of rotatable bonds is 6. The third kappa shape index (κ3) is 3.55. The summed E-state index contributed by atoms with van der Waals surface area (Å²) in [5, 5.41) is 1.09. The lowest BCUT2D eigenvalue weighted by molar-refractivity contribution is 0.0967. The normalized spacial score (nSPS) is 14.6. The number of hydrogen-bond acceptors (Lipinski definition) is 3. The number of sulfonamides is 1. The van der Waals surface area contributed by atoms with E-state index in [0.29, 0.717) is 5.56 Å². The summed E-state index contributed by atoms with van der Waals surface area (Å²) in [4.78, 5) is 12.2. The van der Waals surface area contributed by atoms with Crippen LogP contribution in [0.5, 0.6) is 0 Å². The average molecular weight is 382 g/mol. The smallest absolute Gasteiger partial charge is 0.240 e. The molecule has 0 amide bonds. The lowest BCUT2D eigenvalue weighted by Crippen LogP contribution is -2.23. The number of aromatic nitrogens is 1. The van der Waals surface area contributed by atoms with Crippen molar-refractivity contribution >= 4 is 26.7 Å². The van der Waals surface area contributed by atoms with Crippen LogP contribution < -0.4 is 4.72 Å². The molecule has 4 rings (SSSR count). The minimum absolute atomic E-state index is 0.110. The number of aryl methyl sites for hydroxylation is 2. The molecule has 1 fully saturated rings. The van der Waals surface area contributed by atoms with Crippen molar-refractivity contribution in [1.29, 1.82) is 0 Å². The molecule has 6 heteroatoms. The Morgan fingerprint density at radius 2 is 1.81 bits per heavy atom. The number of nitrogens with zero attached hydrogens (tertiary/aromatic N) is 1. The van der Waals surface area contributed by atoms with E-state index in [9.17, 15) is 13.2 Å². The van der Waals surface area contributed by atoms with Crippen LogP contribution in [0.25, 0.3) is 10.9 Å². The van der Waals surface area contributed by atoms with Gasteiger partial charge in [0.05, 0.1) is 4.90 Å². The van der Waals surface area contributed by atoms with E-state index in [-0.39, 0.29) is 23.1 Å². The number of benzene rings is 2. The minimum atomic E-state index is -3.63. The molecule has 1 heterocycles. The van der Waals surface area contributed by atoms with Crippen LogP contribution >= 0.6 is 0 Å². The Morgan fingerprint density at radius 1 is 1.11 bits per heavy atom. The maximum absolute atomic E-state index is 12.6. The third-order valence-electron chi connectivity index (χ3n) is 5.21. The zero-order valence-electron chi connectivity index (χ0n) is 15.4. The predicted molar refractivity (Wildman–Crippen MR) is 105 cm³/mol. The third-order valence-corrected chi connectivity index (χ3v) is 6.63. The fourth-order valence-electron chi connectivity index (χ4n) is 3.29. The van der Waals surface area contributed by atoms with Gasteiger partial charge in [-0.25, -0.2) is 13.1 Å². The van der Waals surface area contributed by atoms with Crippen LogP contribution in [0.1, 0.15) is 34.5 Å². The number of carbonyl (C=O) groups is 1. The van der Waals surface area contributed by atoms with E-state index < -0.39 is 10.0 Å². The highest BCUT2D eigenvalue weighted by atomic mass is 32.2. The molecule has 0 bridgehead atoms. The number of Topliss-reactive ketones (excluding diaryl/α,β-unsaturated/α-hetero) is 1. The Kier molecular flexibility index (Phi) is 4.40. The van der Waals surface area contributed by atoms with Gasteiger partial charge in [-0.15, -0.1) is 0 Å². The van der Waals surface area contributed by atoms with E-state index >= 15 is 0 Å². The first-order valence-corrected chi connectivity index (χ1v) is 10.5. The van der Waals surface area contributed by atoms with Gasteiger partial charge in [0.25, 0.3) is 0 Å². The van der Waals surface area contributed by atoms with Gasteiger partial charge in [-0.3, -0.25) is 4.79 Å². The van der Waals surface area contributed by atoms with Crippen LogP contribution in [-0.2, 0) is 23.6 Å². The molecule has 0 radical (unpaired) electrons. The number of ketones is 1. The van der Waals surface area contributed by atoms with Crippen LogP contribution in [0.2, 0.25) is 0 Å². The van der Waals surface area contributed by atoms with E-state index in [4.69, 9.17) is 0 Å². The van der Waals surface area contributed by atoms with Gasteiger partial charge in [-0.05, 0) is 55.7 Å². The molecule has 0 unspecified atom stereocenters. The van der Waals surface area contributed by atoms with Crippen molar-refractivity contribution in [1.82, 2.24) is 9.29 Å². The summed E-state index contributed by atoms with van der Waals surface area (Å²) in [7, 11) is -1.62. The number of hydrogen-bond donors (Lipinski definition) is 1. The van der Waals surface area contributed by atoms with E-state index in [2.05, 4.69) is 15.4 Å². The lowest BCUT2D eigenvalue weighted by atomic mass is 10.1. The molecule has 2 aromatic carbocycles. The Bertz CT molecular complexity index is 1120. The summed E-state index contributed by atoms with van der Waals surface area (Å²) < 4.78 is 29.9. The molecule has 0 saturated heterocycles. The fraction of sp³-hybridized carbons (Fsp3) is 0.286. The topological polar surface area (TPSA) is 68.2 Å². The quantitative estimate of drug-likeness (QED) is 0.663. The highest BCUT2D eigenvalue weighted by molar-refractivity contribution is 7.89. The van der Waals surface area contributed by atoms with Crippen LogP contribution in [0.3, 0.4) is 0 Å². The van der Waals surface area contributed by atoms with Crippen molar-refractivity contribution in [3.05, 3.63) is 65.4 Å². The minimum Gasteiger partial charge on any atom is -0.348 e. The van der Waals surface area contributed by atoms with Gasteiger partial charge in [-0.1, -0.05) is 18.2 Å². The summed E-state index contributed by atoms with van der Waals surface area (Å²) in [6.45, 7) is 2.26. The number of nitrogens with one attached hydrogen (secondary N) is 1. The van der Waals surface area contributed by atoms with Crippen molar-refractivity contribution in [2.75, 3.05) is 0 Å². The van der Waals surface area contributed by atoms with Gasteiger partial charge >= 0.3 is 0 Å². The van der Waals surface area contributed by atoms with Gasteiger partial charge < -0.3 is 4.57 Å². The summed E-state index contributed by atoms with van der Waals surface area (Å²) in [6.07, 6.45) is 1.87. The zero-order chi connectivity index (χ0) is 19.2. The fourth-order valence-corrected chi connectivity index (χ4v) is 4.31. The van der Waals surface area contributed by atoms with E-state index in [0.717, 1.165) is 35.0 Å². The van der Waals surface area contributed by atoms with Crippen molar-refractivity contribution in [3.63, 3.8) is 0 Å². The van der Waals surface area contributed by atoms with Crippen molar-refractivity contribution in [2.24, 2.45) is 13.0 Å². The summed E-state index contributed by atoms with van der Waals surface area (Å²) >= 11 is 0. The molecule has 1 aliphatic carbocycles. The van der Waals surface area contributed by atoms with Crippen LogP contribution in [-0.4, -0.2) is 18.8 Å². The second-order valence-corrected chi connectivity index (χ2v) is 8.99. The predicted octanol–water partition coefficient (Wildman–Crippen LogP) is 3.56. The van der Waals surface area contributed by atoms with Crippen LogP contribution in [0.15, 0.2) is 53.4 Å². The molecule has 0 aliphatic heterocycles. The lowest BCUT2D eigenvalue weighted by Gasteiger charge is -2.08. The first-order valence-electron chi connectivity index (χ1n) is 9.04. The summed E-state index contributed by atoms with van der Waals surface area (Å²) in [6, 6.07) is 14.2. The molecular formula is C21H22N2O3S. The standard InChI is InChI=1S/C21H22N2O3S/c1-14-11-18-12-15(3-10-20(18)23(14)2)13-22-27(25,26)19-8-6-17(7-9-19)21(24)16-4-5-16/h3,6-12,16,22H,4-5,13H2,1-2H3. The van der Waals surface area contributed by atoms with Crippen LogP contribution in [0.4, 0.5) is 0 Å². The van der Waals surface area contributed by atoms with Gasteiger partial charge in [0.1, 0.15) is 0 Å². The maximum Gasteiger partial charge on any atom is 0.240 e. The molecule has 3 aromatic rings. The zero-order valence-corrected chi connectivity index (χ0v) is 16.2. The molecule has 1 aromatic heterocycles. The average Bonchev–Trinajstić information content (AvgIpc) is 3.47. The highest BCUT2D eigenvalue weighted by Gasteiger charge is 2.30. The molecule has 27 heavy (non-hydrogen) atoms. The first-order chi connectivity index (χ1) is 12.8. The van der Waals surface area contributed by atoms with Crippen LogP contribution in [0, 0.1) is 12.8 Å². The SMILES string of the molecule is Cc1cc2cc(CNS(=O)(=O)c3ccc(C(=O)C4CC4)cc3)ccc2n1C. The number of carbonyl (C=O) groups excluding carboxylic acids is 1. The molecule has 1 N–H and O–H groups in total. The molecule has 5 nitrogen and oxygen atoms in total. The van der Waals surface area contributed by atoms with Crippen molar-refractivity contribution in [2.45, 2.75) is 31.2 Å². The second-order valence-electron chi connectivity index (χ2n) is 7.23. The number of fused-ring (bicyclic) bond motifs is 1. The van der Waals surface area contributed by atoms with Gasteiger partial charge in [-0.2, -0.15) is 0 Å². The Balaban J connectivity index is 1.49. The summed E-state index contributed by atoms with van der Waals surface area (Å²) in [5.74, 6) is 0.237. The molecular weight excluding hydrogens is 360 g/mol. The Hall–Kier alpha value is -2.44. The van der Waals surface area contributed by atoms with Crippen molar-refractivity contribution < 1.29 is 13.2 Å². The molecule has 1 saturated carbocycles. The van der Waals surface area contributed by atoms with Gasteiger partial charge in [0.2, 0.25) is 10.0 Å². The largest absolute Gasteiger partial charge is 0.348 e.